The van der Waals surface area contributed by atoms with E-state index in [2.05, 4.69) is 32.2 Å². The zero-order chi connectivity index (χ0) is 20.3. The van der Waals surface area contributed by atoms with Crippen LogP contribution >= 0.6 is 0 Å². The van der Waals surface area contributed by atoms with Crippen LogP contribution in [0, 0.1) is 0 Å². The fourth-order valence-corrected chi connectivity index (χ4v) is 5.33. The summed E-state index contributed by atoms with van der Waals surface area (Å²) in [7, 11) is 0. The number of nitrogens with one attached hydrogen (secondary N) is 2. The molecule has 1 saturated heterocycles. The molecule has 2 aromatic rings. The number of fused-ring (bicyclic) bond motifs is 1. The number of aromatic amines is 1. The number of anilines is 1. The van der Waals surface area contributed by atoms with Gasteiger partial charge in [0.1, 0.15) is 11.5 Å². The summed E-state index contributed by atoms with van der Waals surface area (Å²) in [6.45, 7) is 4.27. The van der Waals surface area contributed by atoms with Gasteiger partial charge in [-0.3, -0.25) is 4.90 Å². The van der Waals surface area contributed by atoms with E-state index in [0.29, 0.717) is 5.88 Å². The maximum atomic E-state index is 12.2. The average Bonchev–Trinajstić information content (AvgIpc) is 3.43. The molecule has 0 spiro atoms. The molecular formula is C23H33N5O2. The molecule has 0 radical (unpaired) electrons. The molecule has 7 nitrogen and oxygen atoms in total. The number of rotatable bonds is 4. The number of hydrogen-bond acceptors (Lipinski definition) is 5. The first-order chi connectivity index (χ1) is 14.7. The van der Waals surface area contributed by atoms with Crippen molar-refractivity contribution in [2.45, 2.75) is 69.9 Å². The van der Waals surface area contributed by atoms with Crippen LogP contribution in [0.4, 0.5) is 10.6 Å². The van der Waals surface area contributed by atoms with Crippen molar-refractivity contribution in [1.82, 2.24) is 20.2 Å². The number of pyridine rings is 1. The van der Waals surface area contributed by atoms with Gasteiger partial charge < -0.3 is 19.9 Å². The second kappa shape index (κ2) is 8.84. The second-order valence-electron chi connectivity index (χ2n) is 9.07. The molecule has 1 amide bonds. The number of ether oxygens (including phenoxy) is 1. The minimum atomic E-state index is -0.378. The van der Waals surface area contributed by atoms with E-state index in [1.54, 1.807) is 0 Å². The maximum Gasteiger partial charge on any atom is 0.414 e. The normalized spacial score (nSPS) is 21.9. The van der Waals surface area contributed by atoms with Crippen molar-refractivity contribution in [3.63, 3.8) is 0 Å². The molecule has 2 aromatic heterocycles. The van der Waals surface area contributed by atoms with Gasteiger partial charge in [-0.15, -0.1) is 0 Å². The molecule has 30 heavy (non-hydrogen) atoms. The van der Waals surface area contributed by atoms with E-state index in [9.17, 15) is 4.79 Å². The highest BCUT2D eigenvalue weighted by molar-refractivity contribution is 5.81. The minimum Gasteiger partial charge on any atom is -0.393 e. The lowest BCUT2D eigenvalue weighted by molar-refractivity contribution is 0.187. The molecule has 162 valence electrons. The number of aromatic nitrogens is 2. The molecular weight excluding hydrogens is 378 g/mol. The molecule has 0 atom stereocenters. The van der Waals surface area contributed by atoms with Gasteiger partial charge >= 0.3 is 6.09 Å². The van der Waals surface area contributed by atoms with Crippen molar-refractivity contribution in [2.75, 3.05) is 31.1 Å². The van der Waals surface area contributed by atoms with Gasteiger partial charge in [0.25, 0.3) is 0 Å². The standard InChI is InChI=1S/C23H33N5O2/c29-23(24-18-6-2-1-3-7-18)30-21-16-17-10-11-20(25-22(17)26-21)28-14-12-27(13-15-28)19-8-4-5-9-19/h10-11,16,18-19H,1-9,12-15H2,(H,24,29)(H,25,26). The highest BCUT2D eigenvalue weighted by Gasteiger charge is 2.26. The van der Waals surface area contributed by atoms with Gasteiger partial charge in [-0.25, -0.2) is 9.78 Å². The number of carbonyl (C=O) groups excluding carboxylic acids is 1. The van der Waals surface area contributed by atoms with Crippen molar-refractivity contribution in [2.24, 2.45) is 0 Å². The maximum absolute atomic E-state index is 12.2. The third kappa shape index (κ3) is 4.41. The van der Waals surface area contributed by atoms with E-state index in [1.165, 1.54) is 44.9 Å². The molecule has 7 heteroatoms. The summed E-state index contributed by atoms with van der Waals surface area (Å²) in [4.78, 5) is 25.2. The first-order valence-corrected chi connectivity index (χ1v) is 11.7. The van der Waals surface area contributed by atoms with Gasteiger partial charge in [-0.2, -0.15) is 0 Å². The highest BCUT2D eigenvalue weighted by atomic mass is 16.6. The summed E-state index contributed by atoms with van der Waals surface area (Å²) in [6.07, 6.45) is 10.8. The largest absolute Gasteiger partial charge is 0.414 e. The third-order valence-electron chi connectivity index (χ3n) is 7.05. The molecule has 5 rings (SSSR count). The van der Waals surface area contributed by atoms with Crippen LogP contribution in [0.2, 0.25) is 0 Å². The third-order valence-corrected chi connectivity index (χ3v) is 7.05. The van der Waals surface area contributed by atoms with E-state index in [4.69, 9.17) is 9.72 Å². The van der Waals surface area contributed by atoms with Gasteiger partial charge in [0.15, 0.2) is 0 Å². The number of H-pyrrole nitrogens is 1. The Morgan fingerprint density at radius 3 is 2.50 bits per heavy atom. The second-order valence-corrected chi connectivity index (χ2v) is 9.07. The zero-order valence-corrected chi connectivity index (χ0v) is 17.7. The summed E-state index contributed by atoms with van der Waals surface area (Å²) in [5, 5.41) is 3.95. The first-order valence-electron chi connectivity index (χ1n) is 11.7. The molecule has 3 aliphatic rings. The summed E-state index contributed by atoms with van der Waals surface area (Å²) in [5.74, 6) is 1.45. The van der Waals surface area contributed by atoms with Crippen LogP contribution in [0.15, 0.2) is 18.2 Å². The van der Waals surface area contributed by atoms with Gasteiger partial charge in [0.2, 0.25) is 5.88 Å². The Morgan fingerprint density at radius 2 is 1.73 bits per heavy atom. The molecule has 0 aromatic carbocycles. The zero-order valence-electron chi connectivity index (χ0n) is 17.7. The predicted octanol–water partition coefficient (Wildman–Crippen LogP) is 4.05. The molecule has 0 bridgehead atoms. The summed E-state index contributed by atoms with van der Waals surface area (Å²) < 4.78 is 5.49. The number of nitrogens with zero attached hydrogens (tertiary/aromatic N) is 3. The quantitative estimate of drug-likeness (QED) is 0.794. The van der Waals surface area contributed by atoms with Crippen LogP contribution in [-0.4, -0.2) is 59.2 Å². The van der Waals surface area contributed by atoms with Crippen LogP contribution in [0.5, 0.6) is 5.88 Å². The van der Waals surface area contributed by atoms with Crippen molar-refractivity contribution < 1.29 is 9.53 Å². The summed E-state index contributed by atoms with van der Waals surface area (Å²) in [5.41, 5.74) is 0.770. The van der Waals surface area contributed by atoms with Crippen LogP contribution in [-0.2, 0) is 0 Å². The van der Waals surface area contributed by atoms with Crippen molar-refractivity contribution in [3.8, 4) is 5.88 Å². The molecule has 3 fully saturated rings. The van der Waals surface area contributed by atoms with E-state index in [0.717, 1.165) is 61.9 Å². The topological polar surface area (TPSA) is 73.5 Å². The lowest BCUT2D eigenvalue weighted by atomic mass is 9.96. The van der Waals surface area contributed by atoms with Crippen LogP contribution in [0.1, 0.15) is 57.8 Å². The number of carbonyl (C=O) groups is 1. The Hall–Kier alpha value is -2.28. The summed E-state index contributed by atoms with van der Waals surface area (Å²) >= 11 is 0. The Morgan fingerprint density at radius 1 is 1.00 bits per heavy atom. The van der Waals surface area contributed by atoms with E-state index < -0.39 is 0 Å². The molecule has 3 heterocycles. The molecule has 2 aliphatic carbocycles. The van der Waals surface area contributed by atoms with Crippen LogP contribution in [0.25, 0.3) is 11.0 Å². The first kappa shape index (κ1) is 19.7. The Kier molecular flexibility index (Phi) is 5.79. The lowest BCUT2D eigenvalue weighted by Crippen LogP contribution is -2.49. The van der Waals surface area contributed by atoms with E-state index in [-0.39, 0.29) is 12.1 Å². The van der Waals surface area contributed by atoms with Crippen LogP contribution in [0.3, 0.4) is 0 Å². The SMILES string of the molecule is O=C(NC1CCCCC1)Oc1cc2ccc(N3CCN(C4CCCC4)CC3)nc2[nH]1. The van der Waals surface area contributed by atoms with Crippen molar-refractivity contribution in [3.05, 3.63) is 18.2 Å². The fourth-order valence-electron chi connectivity index (χ4n) is 5.33. The predicted molar refractivity (Wildman–Crippen MR) is 118 cm³/mol. The Balaban J connectivity index is 1.19. The van der Waals surface area contributed by atoms with Crippen molar-refractivity contribution in [1.29, 1.82) is 0 Å². The number of hydrogen-bond donors (Lipinski definition) is 2. The molecule has 2 saturated carbocycles. The monoisotopic (exact) mass is 411 g/mol. The van der Waals surface area contributed by atoms with Gasteiger partial charge in [0.05, 0.1) is 0 Å². The van der Waals surface area contributed by atoms with Gasteiger partial charge in [-0.1, -0.05) is 32.1 Å². The fraction of sp³-hybridized carbons (Fsp3) is 0.652. The average molecular weight is 412 g/mol. The highest BCUT2D eigenvalue weighted by Crippen LogP contribution is 2.27. The molecule has 0 unspecified atom stereocenters. The minimum absolute atomic E-state index is 0.239. The summed E-state index contributed by atoms with van der Waals surface area (Å²) in [6, 6.07) is 7.02. The molecule has 1 aliphatic heterocycles. The van der Waals surface area contributed by atoms with Crippen LogP contribution < -0.4 is 15.0 Å². The van der Waals surface area contributed by atoms with E-state index in [1.807, 2.05) is 6.07 Å². The van der Waals surface area contributed by atoms with Gasteiger partial charge in [0, 0.05) is 49.7 Å². The molecule has 2 N–H and O–H groups in total. The van der Waals surface area contributed by atoms with E-state index >= 15 is 0 Å². The lowest BCUT2D eigenvalue weighted by Gasteiger charge is -2.38. The number of piperazine rings is 1. The van der Waals surface area contributed by atoms with Crippen molar-refractivity contribution >= 4 is 22.9 Å². The number of amides is 1. The van der Waals surface area contributed by atoms with Gasteiger partial charge in [-0.05, 0) is 37.8 Å². The Bertz CT molecular complexity index is 862. The Labute approximate surface area is 178 Å². The smallest absolute Gasteiger partial charge is 0.393 e.